The summed E-state index contributed by atoms with van der Waals surface area (Å²) in [4.78, 5) is 39.3. The van der Waals surface area contributed by atoms with Gasteiger partial charge in [0.25, 0.3) is 5.91 Å². The molecule has 1 aliphatic heterocycles. The first-order chi connectivity index (χ1) is 14.9. The van der Waals surface area contributed by atoms with Gasteiger partial charge < -0.3 is 15.8 Å². The molecule has 31 heavy (non-hydrogen) atoms. The van der Waals surface area contributed by atoms with Gasteiger partial charge in [-0.25, -0.2) is 4.79 Å². The van der Waals surface area contributed by atoms with E-state index in [2.05, 4.69) is 15.5 Å². The van der Waals surface area contributed by atoms with Crippen molar-refractivity contribution in [1.29, 1.82) is 0 Å². The Kier molecular flexibility index (Phi) is 7.89. The van der Waals surface area contributed by atoms with Crippen molar-refractivity contribution in [3.8, 4) is 0 Å². The molecule has 0 radical (unpaired) electrons. The predicted octanol–water partition coefficient (Wildman–Crippen LogP) is 3.85. The molecular formula is C21H25ClN4O4S. The Morgan fingerprint density at radius 2 is 1.97 bits per heavy atom. The number of nitrogens with two attached hydrogens (primary N) is 1. The van der Waals surface area contributed by atoms with Crippen LogP contribution in [0.5, 0.6) is 0 Å². The first-order valence-corrected chi connectivity index (χ1v) is 11.2. The molecule has 3 rings (SSSR count). The van der Waals surface area contributed by atoms with Gasteiger partial charge in [0.05, 0.1) is 12.2 Å². The zero-order valence-electron chi connectivity index (χ0n) is 17.2. The summed E-state index contributed by atoms with van der Waals surface area (Å²) in [5, 5.41) is 6.48. The summed E-state index contributed by atoms with van der Waals surface area (Å²) >= 11 is 7.22. The number of ether oxygens (including phenoxy) is 1. The summed E-state index contributed by atoms with van der Waals surface area (Å²) in [6, 6.07) is 6.25. The number of esters is 1. The van der Waals surface area contributed by atoms with Gasteiger partial charge in [0.15, 0.2) is 0 Å². The minimum atomic E-state index is -0.560. The van der Waals surface area contributed by atoms with Crippen molar-refractivity contribution >= 4 is 51.5 Å². The number of nitrogens with zero attached hydrogens (tertiary/aromatic N) is 1. The fraction of sp³-hybridized carbons (Fsp3) is 0.381. The van der Waals surface area contributed by atoms with Crippen molar-refractivity contribution in [2.45, 2.75) is 32.7 Å². The molecule has 0 saturated heterocycles. The average molecular weight is 465 g/mol. The van der Waals surface area contributed by atoms with Crippen molar-refractivity contribution in [3.63, 3.8) is 0 Å². The molecule has 1 aromatic heterocycles. The van der Waals surface area contributed by atoms with Crippen molar-refractivity contribution < 1.29 is 19.1 Å². The van der Waals surface area contributed by atoms with Gasteiger partial charge in [-0.2, -0.15) is 0 Å². The Bertz CT molecular complexity index is 961. The van der Waals surface area contributed by atoms with Crippen molar-refractivity contribution in [2.24, 2.45) is 5.73 Å². The lowest BCUT2D eigenvalue weighted by atomic mass is 10.0. The van der Waals surface area contributed by atoms with Crippen LogP contribution in [-0.2, 0) is 22.5 Å². The van der Waals surface area contributed by atoms with Crippen LogP contribution in [0.1, 0.15) is 40.6 Å². The summed E-state index contributed by atoms with van der Waals surface area (Å²) in [7, 11) is 0. The standard InChI is InChI=1S/C21H25ClN4O4S/c1-2-30-17(27)4-3-10-26-11-9-15-16(12-26)31-20(18(15)19(23)28)25-21(29)24-14-7-5-13(22)6-8-14/h5-8H,2-4,9-12H2,1H3,(H2,23,28)(H2,24,25,29). The van der Waals surface area contributed by atoms with Crippen LogP contribution < -0.4 is 16.4 Å². The number of carbonyl (C=O) groups is 3. The lowest BCUT2D eigenvalue weighted by Gasteiger charge is -2.26. The first kappa shape index (κ1) is 23.1. The predicted molar refractivity (Wildman–Crippen MR) is 122 cm³/mol. The molecular weight excluding hydrogens is 440 g/mol. The monoisotopic (exact) mass is 464 g/mol. The van der Waals surface area contributed by atoms with E-state index in [-0.39, 0.29) is 5.97 Å². The number of amides is 3. The Balaban J connectivity index is 1.64. The number of hydrogen-bond acceptors (Lipinski definition) is 6. The van der Waals surface area contributed by atoms with E-state index < -0.39 is 11.9 Å². The molecule has 0 aliphatic carbocycles. The highest BCUT2D eigenvalue weighted by Gasteiger charge is 2.27. The molecule has 0 saturated carbocycles. The number of nitrogens with one attached hydrogen (secondary N) is 2. The Hall–Kier alpha value is -2.62. The van der Waals surface area contributed by atoms with Crippen LogP contribution in [0.15, 0.2) is 24.3 Å². The molecule has 0 unspecified atom stereocenters. The van der Waals surface area contributed by atoms with Gasteiger partial charge in [0, 0.05) is 35.1 Å². The van der Waals surface area contributed by atoms with Crippen molar-refractivity contribution in [3.05, 3.63) is 45.3 Å². The maximum Gasteiger partial charge on any atom is 0.324 e. The van der Waals surface area contributed by atoms with E-state index in [1.165, 1.54) is 11.3 Å². The van der Waals surface area contributed by atoms with E-state index in [1.54, 1.807) is 31.2 Å². The topological polar surface area (TPSA) is 114 Å². The largest absolute Gasteiger partial charge is 0.466 e. The zero-order valence-corrected chi connectivity index (χ0v) is 18.8. The minimum Gasteiger partial charge on any atom is -0.466 e. The molecule has 0 atom stereocenters. The number of thiophene rings is 1. The highest BCUT2D eigenvalue weighted by atomic mass is 35.5. The second-order valence-electron chi connectivity index (χ2n) is 7.09. The first-order valence-electron chi connectivity index (χ1n) is 10.0. The van der Waals surface area contributed by atoms with E-state index in [0.29, 0.717) is 53.7 Å². The van der Waals surface area contributed by atoms with Gasteiger partial charge in [-0.1, -0.05) is 11.6 Å². The molecule has 0 fully saturated rings. The number of hydrogen-bond donors (Lipinski definition) is 3. The third-order valence-electron chi connectivity index (χ3n) is 4.87. The molecule has 1 aromatic carbocycles. The summed E-state index contributed by atoms with van der Waals surface area (Å²) in [5.41, 5.74) is 7.46. The van der Waals surface area contributed by atoms with Crippen molar-refractivity contribution in [2.75, 3.05) is 30.3 Å². The van der Waals surface area contributed by atoms with Crippen LogP contribution >= 0.6 is 22.9 Å². The number of halogens is 1. The fourth-order valence-corrected chi connectivity index (χ4v) is 4.89. The molecule has 4 N–H and O–H groups in total. The Labute approximate surface area is 189 Å². The summed E-state index contributed by atoms with van der Waals surface area (Å²) in [6.45, 7) is 4.33. The third kappa shape index (κ3) is 6.19. The van der Waals surface area contributed by atoms with Crippen LogP contribution in [0.3, 0.4) is 0 Å². The summed E-state index contributed by atoms with van der Waals surface area (Å²) < 4.78 is 4.96. The number of anilines is 2. The molecule has 166 valence electrons. The quantitative estimate of drug-likeness (QED) is 0.513. The van der Waals surface area contributed by atoms with E-state index >= 15 is 0 Å². The molecule has 0 bridgehead atoms. The van der Waals surface area contributed by atoms with Gasteiger partial charge in [-0.3, -0.25) is 19.8 Å². The molecule has 1 aliphatic rings. The number of urea groups is 1. The average Bonchev–Trinajstić information content (AvgIpc) is 3.07. The number of carbonyl (C=O) groups excluding carboxylic acids is 3. The molecule has 3 amide bonds. The van der Waals surface area contributed by atoms with Gasteiger partial charge in [0.1, 0.15) is 5.00 Å². The molecule has 2 heterocycles. The summed E-state index contributed by atoms with van der Waals surface area (Å²) in [5.74, 6) is -0.749. The van der Waals surface area contributed by atoms with Crippen LogP contribution in [0.2, 0.25) is 5.02 Å². The number of benzene rings is 1. The lowest BCUT2D eigenvalue weighted by molar-refractivity contribution is -0.143. The SMILES string of the molecule is CCOC(=O)CCCN1CCc2c(sc(NC(=O)Nc3ccc(Cl)cc3)c2C(N)=O)C1. The molecule has 10 heteroatoms. The zero-order chi connectivity index (χ0) is 22.4. The molecule has 8 nitrogen and oxygen atoms in total. The highest BCUT2D eigenvalue weighted by Crippen LogP contribution is 2.37. The number of fused-ring (bicyclic) bond motifs is 1. The summed E-state index contributed by atoms with van der Waals surface area (Å²) in [6.07, 6.45) is 1.74. The van der Waals surface area contributed by atoms with Gasteiger partial charge in [-0.15, -0.1) is 11.3 Å². The smallest absolute Gasteiger partial charge is 0.324 e. The number of primary amides is 1. The van der Waals surface area contributed by atoms with Crippen LogP contribution in [0.4, 0.5) is 15.5 Å². The van der Waals surface area contributed by atoms with Crippen LogP contribution in [0.25, 0.3) is 0 Å². The highest BCUT2D eigenvalue weighted by molar-refractivity contribution is 7.17. The van der Waals surface area contributed by atoms with Crippen LogP contribution in [-0.4, -0.2) is 42.5 Å². The molecule has 0 spiro atoms. The molecule has 2 aromatic rings. The maximum absolute atomic E-state index is 12.4. The fourth-order valence-electron chi connectivity index (χ4n) is 3.47. The Morgan fingerprint density at radius 1 is 1.23 bits per heavy atom. The van der Waals surface area contributed by atoms with Gasteiger partial charge >= 0.3 is 12.0 Å². The number of rotatable bonds is 8. The normalized spacial score (nSPS) is 13.4. The second kappa shape index (κ2) is 10.6. The van der Waals surface area contributed by atoms with Gasteiger partial charge in [-0.05, 0) is 56.1 Å². The van der Waals surface area contributed by atoms with Crippen molar-refractivity contribution in [1.82, 2.24) is 4.90 Å². The second-order valence-corrected chi connectivity index (χ2v) is 8.63. The van der Waals surface area contributed by atoms with E-state index in [1.807, 2.05) is 0 Å². The maximum atomic E-state index is 12.4. The van der Waals surface area contributed by atoms with E-state index in [4.69, 9.17) is 22.1 Å². The van der Waals surface area contributed by atoms with E-state index in [9.17, 15) is 14.4 Å². The lowest BCUT2D eigenvalue weighted by Crippen LogP contribution is -2.31. The Morgan fingerprint density at radius 3 is 2.65 bits per heavy atom. The van der Waals surface area contributed by atoms with E-state index in [0.717, 1.165) is 23.5 Å². The minimum absolute atomic E-state index is 0.189. The van der Waals surface area contributed by atoms with Gasteiger partial charge in [0.2, 0.25) is 0 Å². The third-order valence-corrected chi connectivity index (χ3v) is 6.26. The van der Waals surface area contributed by atoms with Crippen LogP contribution in [0, 0.1) is 0 Å².